The van der Waals surface area contributed by atoms with Gasteiger partial charge in [0.05, 0.1) is 26.8 Å². The monoisotopic (exact) mass is 459 g/mol. The van der Waals surface area contributed by atoms with E-state index in [9.17, 15) is 14.4 Å². The Hall–Kier alpha value is -3.43. The van der Waals surface area contributed by atoms with Crippen LogP contribution in [0.15, 0.2) is 27.8 Å². The van der Waals surface area contributed by atoms with Crippen LogP contribution in [0.1, 0.15) is 44.2 Å². The Morgan fingerprint density at radius 3 is 2.70 bits per heavy atom. The van der Waals surface area contributed by atoms with Crippen LogP contribution < -0.4 is 31.4 Å². The van der Waals surface area contributed by atoms with Gasteiger partial charge in [-0.2, -0.15) is 0 Å². The predicted octanol–water partition coefficient (Wildman–Crippen LogP) is 1.74. The summed E-state index contributed by atoms with van der Waals surface area (Å²) >= 11 is 0. The number of anilines is 2. The molecule has 2 aromatic rings. The number of aromatic nitrogens is 2. The number of ether oxygens (including phenoxy) is 2. The smallest absolute Gasteiger partial charge is 0.330 e. The predicted molar refractivity (Wildman–Crippen MR) is 127 cm³/mol. The van der Waals surface area contributed by atoms with Gasteiger partial charge < -0.3 is 25.0 Å². The summed E-state index contributed by atoms with van der Waals surface area (Å²) < 4.78 is 12.2. The molecule has 1 saturated heterocycles. The average Bonchev–Trinajstić information content (AvgIpc) is 3.28. The van der Waals surface area contributed by atoms with E-state index in [4.69, 9.17) is 15.2 Å². The Morgan fingerprint density at radius 1 is 1.27 bits per heavy atom. The zero-order chi connectivity index (χ0) is 24.1. The topological polar surface area (TPSA) is 123 Å². The molecule has 1 aromatic heterocycles. The van der Waals surface area contributed by atoms with Gasteiger partial charge in [0.1, 0.15) is 23.0 Å². The molecule has 2 heterocycles. The molecule has 1 aliphatic heterocycles. The number of hydrogen-bond donors (Lipinski definition) is 2. The maximum Gasteiger partial charge on any atom is 0.330 e. The van der Waals surface area contributed by atoms with Gasteiger partial charge in [-0.25, -0.2) is 4.79 Å². The Kier molecular flexibility index (Phi) is 7.67. The zero-order valence-electron chi connectivity index (χ0n) is 19.7. The van der Waals surface area contributed by atoms with E-state index in [1.807, 2.05) is 25.1 Å². The second-order valence-electron chi connectivity index (χ2n) is 8.21. The highest BCUT2D eigenvalue weighted by atomic mass is 16.5. The number of methoxy groups -OCH3 is 2. The lowest BCUT2D eigenvalue weighted by atomic mass is 10.0. The summed E-state index contributed by atoms with van der Waals surface area (Å²) in [6.45, 7) is 2.94. The molecule has 0 radical (unpaired) electrons. The minimum atomic E-state index is -0.604. The van der Waals surface area contributed by atoms with Crippen LogP contribution in [0, 0.1) is 0 Å². The number of H-pyrrole nitrogens is 1. The third kappa shape index (κ3) is 4.99. The number of likely N-dealkylation sites (N-methyl/N-ethyl adjacent to an activating group) is 1. The molecule has 0 saturated carbocycles. The van der Waals surface area contributed by atoms with Crippen molar-refractivity contribution in [2.24, 2.45) is 0 Å². The van der Waals surface area contributed by atoms with Gasteiger partial charge in [-0.15, -0.1) is 0 Å². The van der Waals surface area contributed by atoms with Crippen LogP contribution in [0.25, 0.3) is 0 Å². The molecule has 3 N–H and O–H groups in total. The van der Waals surface area contributed by atoms with Crippen molar-refractivity contribution in [3.8, 4) is 11.5 Å². The van der Waals surface area contributed by atoms with Crippen LogP contribution in [0.3, 0.4) is 0 Å². The molecule has 0 spiro atoms. The second-order valence-corrected chi connectivity index (χ2v) is 8.21. The molecule has 3 rings (SSSR count). The Balaban J connectivity index is 1.86. The zero-order valence-corrected chi connectivity index (χ0v) is 19.7. The van der Waals surface area contributed by atoms with Gasteiger partial charge >= 0.3 is 5.69 Å². The maximum absolute atomic E-state index is 13.3. The van der Waals surface area contributed by atoms with E-state index in [0.29, 0.717) is 24.6 Å². The van der Waals surface area contributed by atoms with Crippen LogP contribution >= 0.6 is 0 Å². The first-order chi connectivity index (χ1) is 15.8. The fraction of sp³-hybridized carbons (Fsp3) is 0.522. The van der Waals surface area contributed by atoms with Gasteiger partial charge in [0.2, 0.25) is 5.91 Å². The number of nitrogens with zero attached hydrogens (tertiary/aromatic N) is 3. The summed E-state index contributed by atoms with van der Waals surface area (Å²) in [6, 6.07) is 5.39. The molecular weight excluding hydrogens is 426 g/mol. The number of unbranched alkanes of at least 4 members (excludes halogenated alkanes) is 1. The molecule has 10 nitrogen and oxygen atoms in total. The number of likely N-dealkylation sites (tertiary alicyclic amines) is 1. The van der Waals surface area contributed by atoms with Crippen LogP contribution in [0.5, 0.6) is 11.5 Å². The molecule has 1 atom stereocenters. The quantitative estimate of drug-likeness (QED) is 0.585. The molecule has 0 bridgehead atoms. The standard InChI is InChI=1S/C23H33N5O5/c1-5-6-11-28-21(24)20(22(30)25-23(28)31)26(2)14-19(29)27-12-7-8-17(27)16-13-15(32-3)9-10-18(16)33-4/h9-10,13,17H,5-8,11-12,14,24H2,1-4H3,(H,25,30,31). The van der Waals surface area contributed by atoms with Crippen LogP contribution in [-0.4, -0.2) is 54.7 Å². The van der Waals surface area contributed by atoms with E-state index in [1.165, 1.54) is 9.47 Å². The molecule has 180 valence electrons. The van der Waals surface area contributed by atoms with Crippen molar-refractivity contribution in [3.05, 3.63) is 44.6 Å². The summed E-state index contributed by atoms with van der Waals surface area (Å²) in [4.78, 5) is 43.7. The number of carbonyl (C=O) groups excluding carboxylic acids is 1. The molecular formula is C23H33N5O5. The van der Waals surface area contributed by atoms with E-state index < -0.39 is 11.2 Å². The molecule has 0 aliphatic carbocycles. The fourth-order valence-corrected chi connectivity index (χ4v) is 4.35. The molecule has 1 unspecified atom stereocenters. The molecule has 33 heavy (non-hydrogen) atoms. The summed E-state index contributed by atoms with van der Waals surface area (Å²) in [5, 5.41) is 0. The van der Waals surface area contributed by atoms with Crippen LogP contribution in [0.4, 0.5) is 11.5 Å². The third-order valence-corrected chi connectivity index (χ3v) is 6.07. The lowest BCUT2D eigenvalue weighted by Crippen LogP contribution is -2.42. The summed E-state index contributed by atoms with van der Waals surface area (Å²) in [7, 11) is 4.83. The minimum Gasteiger partial charge on any atom is -0.497 e. The van der Waals surface area contributed by atoms with Crippen molar-refractivity contribution in [1.82, 2.24) is 14.5 Å². The minimum absolute atomic E-state index is 0.0535. The van der Waals surface area contributed by atoms with E-state index >= 15 is 0 Å². The highest BCUT2D eigenvalue weighted by Gasteiger charge is 2.33. The average molecular weight is 460 g/mol. The number of nitrogens with one attached hydrogen (secondary N) is 1. The first kappa shape index (κ1) is 24.2. The summed E-state index contributed by atoms with van der Waals surface area (Å²) in [5.41, 5.74) is 6.05. The van der Waals surface area contributed by atoms with Crippen molar-refractivity contribution in [2.75, 3.05) is 45.0 Å². The SMILES string of the molecule is CCCCn1c(N)c(N(C)CC(=O)N2CCCC2c2cc(OC)ccc2OC)c(=O)[nH]c1=O. The maximum atomic E-state index is 13.3. The van der Waals surface area contributed by atoms with Crippen LogP contribution in [-0.2, 0) is 11.3 Å². The lowest BCUT2D eigenvalue weighted by Gasteiger charge is -2.29. The number of aromatic amines is 1. The van der Waals surface area contributed by atoms with Gasteiger partial charge in [-0.1, -0.05) is 13.3 Å². The van der Waals surface area contributed by atoms with Gasteiger partial charge in [0.25, 0.3) is 5.56 Å². The number of rotatable bonds is 9. The number of nitrogen functional groups attached to an aromatic ring is 1. The number of hydrogen-bond acceptors (Lipinski definition) is 7. The largest absolute Gasteiger partial charge is 0.497 e. The molecule has 1 aromatic carbocycles. The van der Waals surface area contributed by atoms with Crippen LogP contribution in [0.2, 0.25) is 0 Å². The first-order valence-electron chi connectivity index (χ1n) is 11.2. The van der Waals surface area contributed by atoms with Gasteiger partial charge in [0.15, 0.2) is 0 Å². The van der Waals surface area contributed by atoms with Crippen molar-refractivity contribution in [1.29, 1.82) is 0 Å². The number of benzene rings is 1. The number of carbonyl (C=O) groups is 1. The Bertz CT molecular complexity index is 1110. The fourth-order valence-electron chi connectivity index (χ4n) is 4.35. The Morgan fingerprint density at radius 2 is 2.03 bits per heavy atom. The first-order valence-corrected chi connectivity index (χ1v) is 11.2. The van der Waals surface area contributed by atoms with Gasteiger partial charge in [0, 0.05) is 25.7 Å². The molecule has 1 aliphatic rings. The Labute approximate surface area is 192 Å². The van der Waals surface area contributed by atoms with E-state index in [0.717, 1.165) is 31.2 Å². The van der Waals surface area contributed by atoms with Crippen molar-refractivity contribution < 1.29 is 14.3 Å². The molecule has 1 fully saturated rings. The van der Waals surface area contributed by atoms with Gasteiger partial charge in [-0.05, 0) is 37.5 Å². The van der Waals surface area contributed by atoms with E-state index in [1.54, 1.807) is 26.2 Å². The van der Waals surface area contributed by atoms with Crippen molar-refractivity contribution in [3.63, 3.8) is 0 Å². The van der Waals surface area contributed by atoms with E-state index in [2.05, 4.69) is 4.98 Å². The second kappa shape index (κ2) is 10.5. The van der Waals surface area contributed by atoms with Crippen molar-refractivity contribution in [2.45, 2.75) is 45.2 Å². The summed E-state index contributed by atoms with van der Waals surface area (Å²) in [6.07, 6.45) is 3.27. The molecule has 10 heteroatoms. The number of nitrogens with two attached hydrogens (primary N) is 1. The number of amides is 1. The van der Waals surface area contributed by atoms with Gasteiger partial charge in [-0.3, -0.25) is 19.1 Å². The highest BCUT2D eigenvalue weighted by molar-refractivity contribution is 5.83. The third-order valence-electron chi connectivity index (χ3n) is 6.07. The van der Waals surface area contributed by atoms with E-state index in [-0.39, 0.29) is 30.0 Å². The molecule has 1 amide bonds. The normalized spacial score (nSPS) is 15.5. The highest BCUT2D eigenvalue weighted by Crippen LogP contribution is 2.39. The summed E-state index contributed by atoms with van der Waals surface area (Å²) in [5.74, 6) is 1.31. The lowest BCUT2D eigenvalue weighted by molar-refractivity contribution is -0.130. The van der Waals surface area contributed by atoms with Crippen molar-refractivity contribution >= 4 is 17.4 Å².